The third-order valence-corrected chi connectivity index (χ3v) is 5.36. The number of rotatable bonds is 5. The number of aryl methyl sites for hydroxylation is 2. The molecule has 0 aliphatic carbocycles. The molecule has 0 aliphatic rings. The number of anilines is 1. The number of carbonyl (C=O) groups is 1. The highest BCUT2D eigenvalue weighted by Crippen LogP contribution is 2.26. The Morgan fingerprint density at radius 2 is 2.04 bits per heavy atom. The summed E-state index contributed by atoms with van der Waals surface area (Å²) in [7, 11) is 3.57. The van der Waals surface area contributed by atoms with Gasteiger partial charge in [-0.05, 0) is 36.8 Å². The Kier molecular flexibility index (Phi) is 4.87. The number of methoxy groups -OCH3 is 1. The van der Waals surface area contributed by atoms with Crippen molar-refractivity contribution in [1.82, 2.24) is 19.7 Å². The minimum atomic E-state index is -0.126. The highest BCUT2D eigenvalue weighted by Gasteiger charge is 2.13. The van der Waals surface area contributed by atoms with Crippen molar-refractivity contribution >= 4 is 45.4 Å². The molecule has 0 unspecified atom stereocenters. The third kappa shape index (κ3) is 3.38. The Bertz CT molecular complexity index is 1190. The van der Waals surface area contributed by atoms with Crippen molar-refractivity contribution in [3.63, 3.8) is 0 Å². The van der Waals surface area contributed by atoms with Crippen LogP contribution >= 0.6 is 11.8 Å². The first kappa shape index (κ1) is 18.2. The molecule has 0 bridgehead atoms. The summed E-state index contributed by atoms with van der Waals surface area (Å²) >= 11 is 1.26. The standard InChI is InChI=1S/C20H19N5O2S/c1-12-10-13(27-3)8-9-15(12)21-17(26)11-28-20-22-19-18(23-24-20)14-6-4-5-7-16(14)25(19)2/h4-10H,11H2,1-3H3,(H,21,26). The summed E-state index contributed by atoms with van der Waals surface area (Å²) in [5.41, 5.74) is 4.27. The minimum Gasteiger partial charge on any atom is -0.497 e. The van der Waals surface area contributed by atoms with Crippen LogP contribution in [-0.4, -0.2) is 38.5 Å². The fourth-order valence-electron chi connectivity index (χ4n) is 3.07. The van der Waals surface area contributed by atoms with Gasteiger partial charge in [0, 0.05) is 18.1 Å². The number of carbonyl (C=O) groups excluding carboxylic acids is 1. The van der Waals surface area contributed by atoms with Gasteiger partial charge < -0.3 is 14.6 Å². The first-order chi connectivity index (χ1) is 13.6. The van der Waals surface area contributed by atoms with Crippen LogP contribution in [0, 0.1) is 6.92 Å². The van der Waals surface area contributed by atoms with E-state index in [1.165, 1.54) is 11.8 Å². The predicted molar refractivity (Wildman–Crippen MR) is 111 cm³/mol. The Morgan fingerprint density at radius 1 is 1.21 bits per heavy atom. The lowest BCUT2D eigenvalue weighted by Gasteiger charge is -2.09. The largest absolute Gasteiger partial charge is 0.497 e. The first-order valence-corrected chi connectivity index (χ1v) is 9.70. The van der Waals surface area contributed by atoms with E-state index >= 15 is 0 Å². The molecule has 4 rings (SSSR count). The van der Waals surface area contributed by atoms with Crippen molar-refractivity contribution in [2.24, 2.45) is 7.05 Å². The van der Waals surface area contributed by atoms with E-state index in [0.29, 0.717) is 5.16 Å². The maximum absolute atomic E-state index is 12.3. The number of para-hydroxylation sites is 1. The normalized spacial score (nSPS) is 11.1. The van der Waals surface area contributed by atoms with Crippen molar-refractivity contribution in [3.05, 3.63) is 48.0 Å². The lowest BCUT2D eigenvalue weighted by atomic mass is 10.2. The van der Waals surface area contributed by atoms with Crippen LogP contribution in [0.25, 0.3) is 22.1 Å². The Morgan fingerprint density at radius 3 is 2.82 bits per heavy atom. The van der Waals surface area contributed by atoms with Gasteiger partial charge in [-0.25, -0.2) is 4.98 Å². The topological polar surface area (TPSA) is 81.9 Å². The van der Waals surface area contributed by atoms with Crippen LogP contribution in [0.1, 0.15) is 5.56 Å². The van der Waals surface area contributed by atoms with Crippen LogP contribution in [0.15, 0.2) is 47.6 Å². The molecule has 4 aromatic rings. The summed E-state index contributed by atoms with van der Waals surface area (Å²) in [4.78, 5) is 16.9. The fraction of sp³-hybridized carbons (Fsp3) is 0.200. The number of nitrogens with one attached hydrogen (secondary N) is 1. The zero-order valence-electron chi connectivity index (χ0n) is 15.8. The number of ether oxygens (including phenoxy) is 1. The molecular formula is C20H19N5O2S. The lowest BCUT2D eigenvalue weighted by molar-refractivity contribution is -0.113. The molecule has 8 heteroatoms. The maximum atomic E-state index is 12.3. The molecule has 2 aromatic heterocycles. The molecular weight excluding hydrogens is 374 g/mol. The molecule has 2 heterocycles. The van der Waals surface area contributed by atoms with Crippen molar-refractivity contribution in [2.75, 3.05) is 18.2 Å². The average Bonchev–Trinajstić information content (AvgIpc) is 3.00. The minimum absolute atomic E-state index is 0.126. The summed E-state index contributed by atoms with van der Waals surface area (Å²) in [6, 6.07) is 13.5. The molecule has 0 atom stereocenters. The number of benzene rings is 2. The summed E-state index contributed by atoms with van der Waals surface area (Å²) in [5, 5.41) is 12.9. The second-order valence-corrected chi connectivity index (χ2v) is 7.30. The van der Waals surface area contributed by atoms with E-state index in [2.05, 4.69) is 20.5 Å². The van der Waals surface area contributed by atoms with Gasteiger partial charge in [0.1, 0.15) is 11.3 Å². The van der Waals surface area contributed by atoms with Crippen molar-refractivity contribution in [2.45, 2.75) is 12.1 Å². The van der Waals surface area contributed by atoms with Gasteiger partial charge in [0.15, 0.2) is 5.65 Å². The number of hydrogen-bond acceptors (Lipinski definition) is 6. The zero-order valence-corrected chi connectivity index (χ0v) is 16.6. The SMILES string of the molecule is COc1ccc(NC(=O)CSc2nnc3c4ccccc4n(C)c3n2)c(C)c1. The van der Waals surface area contributed by atoms with E-state index in [0.717, 1.165) is 39.1 Å². The molecule has 142 valence electrons. The molecule has 0 spiro atoms. The molecule has 2 aromatic carbocycles. The quantitative estimate of drug-likeness (QED) is 0.522. The molecule has 1 N–H and O–H groups in total. The van der Waals surface area contributed by atoms with Crippen molar-refractivity contribution < 1.29 is 9.53 Å². The van der Waals surface area contributed by atoms with Gasteiger partial charge in [-0.2, -0.15) is 0 Å². The highest BCUT2D eigenvalue weighted by molar-refractivity contribution is 7.99. The smallest absolute Gasteiger partial charge is 0.234 e. The molecule has 0 saturated carbocycles. The summed E-state index contributed by atoms with van der Waals surface area (Å²) in [5.74, 6) is 0.828. The third-order valence-electron chi connectivity index (χ3n) is 4.53. The first-order valence-electron chi connectivity index (χ1n) is 8.72. The molecule has 28 heavy (non-hydrogen) atoms. The van der Waals surface area contributed by atoms with E-state index in [4.69, 9.17) is 4.74 Å². The van der Waals surface area contributed by atoms with E-state index in [-0.39, 0.29) is 11.7 Å². The van der Waals surface area contributed by atoms with Gasteiger partial charge in [0.2, 0.25) is 11.1 Å². The lowest BCUT2D eigenvalue weighted by Crippen LogP contribution is -2.15. The Hall–Kier alpha value is -3.13. The van der Waals surface area contributed by atoms with Gasteiger partial charge in [-0.1, -0.05) is 30.0 Å². The molecule has 0 radical (unpaired) electrons. The van der Waals surface area contributed by atoms with Crippen LogP contribution in [0.3, 0.4) is 0 Å². The second kappa shape index (κ2) is 7.47. The van der Waals surface area contributed by atoms with Crippen molar-refractivity contribution in [1.29, 1.82) is 0 Å². The van der Waals surface area contributed by atoms with Crippen LogP contribution in [-0.2, 0) is 11.8 Å². The van der Waals surface area contributed by atoms with E-state index in [1.807, 2.05) is 61.0 Å². The van der Waals surface area contributed by atoms with Crippen LogP contribution < -0.4 is 10.1 Å². The number of amides is 1. The molecule has 7 nitrogen and oxygen atoms in total. The summed E-state index contributed by atoms with van der Waals surface area (Å²) in [6.45, 7) is 1.92. The Labute approximate surface area is 166 Å². The maximum Gasteiger partial charge on any atom is 0.234 e. The van der Waals surface area contributed by atoms with Gasteiger partial charge in [-0.15, -0.1) is 10.2 Å². The zero-order chi connectivity index (χ0) is 19.7. The van der Waals surface area contributed by atoms with Crippen LogP contribution in [0.2, 0.25) is 0 Å². The number of hydrogen-bond donors (Lipinski definition) is 1. The van der Waals surface area contributed by atoms with Gasteiger partial charge in [0.05, 0.1) is 18.4 Å². The average molecular weight is 393 g/mol. The molecule has 0 aliphatic heterocycles. The van der Waals surface area contributed by atoms with E-state index in [9.17, 15) is 4.79 Å². The highest BCUT2D eigenvalue weighted by atomic mass is 32.2. The van der Waals surface area contributed by atoms with Gasteiger partial charge >= 0.3 is 0 Å². The van der Waals surface area contributed by atoms with E-state index < -0.39 is 0 Å². The second-order valence-electron chi connectivity index (χ2n) is 6.36. The van der Waals surface area contributed by atoms with Gasteiger partial charge in [0.25, 0.3) is 0 Å². The van der Waals surface area contributed by atoms with Crippen LogP contribution in [0.5, 0.6) is 5.75 Å². The number of thioether (sulfide) groups is 1. The summed E-state index contributed by atoms with van der Waals surface area (Å²) in [6.07, 6.45) is 0. The number of fused-ring (bicyclic) bond motifs is 3. The monoisotopic (exact) mass is 393 g/mol. The van der Waals surface area contributed by atoms with Crippen LogP contribution in [0.4, 0.5) is 5.69 Å². The summed E-state index contributed by atoms with van der Waals surface area (Å²) < 4.78 is 7.17. The Balaban J connectivity index is 1.49. The van der Waals surface area contributed by atoms with Gasteiger partial charge in [-0.3, -0.25) is 4.79 Å². The molecule has 1 amide bonds. The molecule has 0 fully saturated rings. The molecule has 0 saturated heterocycles. The number of aromatic nitrogens is 4. The fourth-order valence-corrected chi connectivity index (χ4v) is 3.65. The van der Waals surface area contributed by atoms with E-state index in [1.54, 1.807) is 7.11 Å². The number of nitrogens with zero attached hydrogens (tertiary/aromatic N) is 4. The van der Waals surface area contributed by atoms with Crippen molar-refractivity contribution in [3.8, 4) is 5.75 Å². The predicted octanol–water partition coefficient (Wildman–Crippen LogP) is 3.56.